The molecule has 2 aromatic rings. The van der Waals surface area contributed by atoms with E-state index in [0.29, 0.717) is 5.11 Å². The molecule has 0 unspecified atom stereocenters. The van der Waals surface area contributed by atoms with Crippen molar-refractivity contribution in [3.05, 3.63) is 64.2 Å². The first-order valence-corrected chi connectivity index (χ1v) is 7.99. The Labute approximate surface area is 139 Å². The summed E-state index contributed by atoms with van der Waals surface area (Å²) in [7, 11) is 0. The summed E-state index contributed by atoms with van der Waals surface area (Å²) in [5, 5.41) is 7.28. The highest BCUT2D eigenvalue weighted by Crippen LogP contribution is 2.19. The van der Waals surface area contributed by atoms with Crippen molar-refractivity contribution in [1.82, 2.24) is 5.32 Å². The molecule has 0 radical (unpaired) electrons. The molecule has 2 N–H and O–H groups in total. The molecule has 0 fully saturated rings. The summed E-state index contributed by atoms with van der Waals surface area (Å²) in [6.07, 6.45) is 0. The van der Waals surface area contributed by atoms with Crippen LogP contribution in [-0.2, 0) is 0 Å². The van der Waals surface area contributed by atoms with Crippen LogP contribution in [0.4, 0.5) is 5.69 Å². The molecule has 0 aliphatic carbocycles. The number of aryl methyl sites for hydroxylation is 4. The molecule has 2 rings (SSSR count). The molecule has 22 heavy (non-hydrogen) atoms. The molecule has 0 aliphatic heterocycles. The molecule has 116 valence electrons. The number of thiocarbonyl (C=S) groups is 1. The average molecular weight is 312 g/mol. The number of benzene rings is 2. The van der Waals surface area contributed by atoms with Crippen LogP contribution in [-0.4, -0.2) is 5.11 Å². The van der Waals surface area contributed by atoms with Crippen molar-refractivity contribution in [2.45, 2.75) is 40.7 Å². The van der Waals surface area contributed by atoms with Gasteiger partial charge in [0.2, 0.25) is 0 Å². The maximum Gasteiger partial charge on any atom is 0.171 e. The van der Waals surface area contributed by atoms with Gasteiger partial charge >= 0.3 is 0 Å². The van der Waals surface area contributed by atoms with Crippen LogP contribution >= 0.6 is 12.2 Å². The summed E-state index contributed by atoms with van der Waals surface area (Å²) in [6, 6.07) is 13.0. The van der Waals surface area contributed by atoms with Gasteiger partial charge in [-0.15, -0.1) is 0 Å². The topological polar surface area (TPSA) is 24.1 Å². The molecule has 0 amide bonds. The molecule has 2 nitrogen and oxygen atoms in total. The van der Waals surface area contributed by atoms with Crippen molar-refractivity contribution >= 4 is 23.0 Å². The fraction of sp³-hybridized carbons (Fsp3) is 0.316. The summed E-state index contributed by atoms with van der Waals surface area (Å²) < 4.78 is 0. The standard InChI is InChI=1S/C19H24N2S/c1-12-6-7-14(3)18(10-12)16(5)20-19(22)21-17-9-8-13(2)15(4)11-17/h6-11,16H,1-5H3,(H2,20,21,22)/t16-/m0/s1. The van der Waals surface area contributed by atoms with E-state index in [9.17, 15) is 0 Å². The Morgan fingerprint density at radius 1 is 0.909 bits per heavy atom. The molecule has 1 atom stereocenters. The van der Waals surface area contributed by atoms with Gasteiger partial charge in [0.15, 0.2) is 5.11 Å². The third kappa shape index (κ3) is 4.08. The van der Waals surface area contributed by atoms with Crippen LogP contribution in [0, 0.1) is 27.7 Å². The van der Waals surface area contributed by atoms with E-state index in [0.717, 1.165) is 5.69 Å². The maximum absolute atomic E-state index is 5.44. The minimum atomic E-state index is 0.173. The first kappa shape index (κ1) is 16.5. The van der Waals surface area contributed by atoms with Crippen LogP contribution in [0.1, 0.15) is 40.8 Å². The first-order valence-electron chi connectivity index (χ1n) is 7.58. The first-order chi connectivity index (χ1) is 10.4. The fourth-order valence-corrected chi connectivity index (χ4v) is 2.78. The number of hydrogen-bond acceptors (Lipinski definition) is 1. The lowest BCUT2D eigenvalue weighted by atomic mass is 10.0. The lowest BCUT2D eigenvalue weighted by Crippen LogP contribution is -2.31. The lowest BCUT2D eigenvalue weighted by molar-refractivity contribution is 0.716. The van der Waals surface area contributed by atoms with E-state index in [4.69, 9.17) is 12.2 Å². The maximum atomic E-state index is 5.44. The quantitative estimate of drug-likeness (QED) is 0.783. The Morgan fingerprint density at radius 3 is 2.27 bits per heavy atom. The summed E-state index contributed by atoms with van der Waals surface area (Å²) >= 11 is 5.44. The second kappa shape index (κ2) is 6.93. The van der Waals surface area contributed by atoms with Crippen LogP contribution in [0.25, 0.3) is 0 Å². The minimum absolute atomic E-state index is 0.173. The zero-order chi connectivity index (χ0) is 16.3. The highest BCUT2D eigenvalue weighted by atomic mass is 32.1. The van der Waals surface area contributed by atoms with Gasteiger partial charge < -0.3 is 10.6 Å². The van der Waals surface area contributed by atoms with Crippen molar-refractivity contribution in [2.24, 2.45) is 0 Å². The van der Waals surface area contributed by atoms with Crippen molar-refractivity contribution < 1.29 is 0 Å². The fourth-order valence-electron chi connectivity index (χ4n) is 2.49. The van der Waals surface area contributed by atoms with Crippen molar-refractivity contribution in [1.29, 1.82) is 0 Å². The molecule has 0 heterocycles. The smallest absolute Gasteiger partial charge is 0.171 e. The number of nitrogens with one attached hydrogen (secondary N) is 2. The van der Waals surface area contributed by atoms with E-state index in [2.05, 4.69) is 81.7 Å². The number of hydrogen-bond donors (Lipinski definition) is 2. The SMILES string of the molecule is Cc1ccc(C)c([C@H](C)NC(=S)Nc2ccc(C)c(C)c2)c1. The second-order valence-electron chi connectivity index (χ2n) is 5.98. The third-order valence-electron chi connectivity index (χ3n) is 4.01. The van der Waals surface area contributed by atoms with Gasteiger partial charge in [-0.2, -0.15) is 0 Å². The van der Waals surface area contributed by atoms with Gasteiger partial charge in [0.1, 0.15) is 0 Å². The van der Waals surface area contributed by atoms with Crippen LogP contribution in [0.2, 0.25) is 0 Å². The van der Waals surface area contributed by atoms with Gasteiger partial charge in [0.05, 0.1) is 6.04 Å². The van der Waals surface area contributed by atoms with E-state index in [1.165, 1.54) is 27.8 Å². The predicted molar refractivity (Wildman–Crippen MR) is 99.6 cm³/mol. The zero-order valence-electron chi connectivity index (χ0n) is 13.9. The third-order valence-corrected chi connectivity index (χ3v) is 4.23. The molecular weight excluding hydrogens is 288 g/mol. The average Bonchev–Trinajstić information content (AvgIpc) is 2.45. The van der Waals surface area contributed by atoms with Gasteiger partial charge in [0, 0.05) is 5.69 Å². The largest absolute Gasteiger partial charge is 0.356 e. The van der Waals surface area contributed by atoms with Gasteiger partial charge in [-0.05, 0) is 81.2 Å². The van der Waals surface area contributed by atoms with Crippen molar-refractivity contribution in [3.63, 3.8) is 0 Å². The highest BCUT2D eigenvalue weighted by Gasteiger charge is 2.10. The number of rotatable bonds is 3. The Bertz CT molecular complexity index is 692. The van der Waals surface area contributed by atoms with E-state index in [1.54, 1.807) is 0 Å². The lowest BCUT2D eigenvalue weighted by Gasteiger charge is -2.20. The summed E-state index contributed by atoms with van der Waals surface area (Å²) in [5.41, 5.74) is 7.39. The molecule has 0 aliphatic rings. The predicted octanol–water partition coefficient (Wildman–Crippen LogP) is 4.97. The van der Waals surface area contributed by atoms with E-state index >= 15 is 0 Å². The Kier molecular flexibility index (Phi) is 5.19. The molecular formula is C19H24N2S. The van der Waals surface area contributed by atoms with Crippen LogP contribution < -0.4 is 10.6 Å². The Balaban J connectivity index is 2.05. The van der Waals surface area contributed by atoms with Crippen molar-refractivity contribution in [3.8, 4) is 0 Å². The van der Waals surface area contributed by atoms with Crippen LogP contribution in [0.15, 0.2) is 36.4 Å². The molecule has 0 spiro atoms. The van der Waals surface area contributed by atoms with Gasteiger partial charge in [0.25, 0.3) is 0 Å². The highest BCUT2D eigenvalue weighted by molar-refractivity contribution is 7.80. The van der Waals surface area contributed by atoms with E-state index < -0.39 is 0 Å². The summed E-state index contributed by atoms with van der Waals surface area (Å²) in [6.45, 7) is 10.6. The second-order valence-corrected chi connectivity index (χ2v) is 6.39. The molecule has 2 aromatic carbocycles. The van der Waals surface area contributed by atoms with Crippen LogP contribution in [0.3, 0.4) is 0 Å². The number of anilines is 1. The molecule has 3 heteroatoms. The molecule has 0 bridgehead atoms. The van der Waals surface area contributed by atoms with Gasteiger partial charge in [-0.25, -0.2) is 0 Å². The van der Waals surface area contributed by atoms with Gasteiger partial charge in [-0.3, -0.25) is 0 Å². The summed E-state index contributed by atoms with van der Waals surface area (Å²) in [4.78, 5) is 0. The Morgan fingerprint density at radius 2 is 1.59 bits per heavy atom. The van der Waals surface area contributed by atoms with Gasteiger partial charge in [-0.1, -0.05) is 29.8 Å². The molecule has 0 aromatic heterocycles. The zero-order valence-corrected chi connectivity index (χ0v) is 14.8. The van der Waals surface area contributed by atoms with E-state index in [-0.39, 0.29) is 6.04 Å². The molecule has 0 saturated carbocycles. The van der Waals surface area contributed by atoms with Crippen LogP contribution in [0.5, 0.6) is 0 Å². The normalized spacial score (nSPS) is 11.9. The minimum Gasteiger partial charge on any atom is -0.356 e. The summed E-state index contributed by atoms with van der Waals surface area (Å²) in [5.74, 6) is 0. The van der Waals surface area contributed by atoms with Crippen molar-refractivity contribution in [2.75, 3.05) is 5.32 Å². The molecule has 0 saturated heterocycles. The Hall–Kier alpha value is -1.87. The monoisotopic (exact) mass is 312 g/mol. The van der Waals surface area contributed by atoms with E-state index in [1.807, 2.05) is 0 Å².